The standard InChI is InChI=1S/C30H23BrClNO6/c31-22-13-24(36)27-21(28(22)37)12-19-17(25(27)20-11-15(32)3-8-23(20)35)6-7-18-26(19)30(39)33(29(18)38)10-9-14-1-4-16(34)5-2-14/h1-6,8,11,13,18-19,25-26,34-35H,7,9-10,12H2. The predicted molar refractivity (Wildman–Crippen MR) is 146 cm³/mol. The second kappa shape index (κ2) is 9.61. The molecule has 7 nitrogen and oxygen atoms in total. The first-order chi connectivity index (χ1) is 18.7. The molecule has 0 saturated carbocycles. The van der Waals surface area contributed by atoms with Crippen molar-refractivity contribution < 1.29 is 29.4 Å². The highest BCUT2D eigenvalue weighted by atomic mass is 79.9. The van der Waals surface area contributed by atoms with Gasteiger partial charge in [-0.2, -0.15) is 0 Å². The molecule has 4 unspecified atom stereocenters. The van der Waals surface area contributed by atoms with E-state index in [1.165, 1.54) is 23.1 Å². The minimum absolute atomic E-state index is 0.0712. The Hall–Kier alpha value is -3.49. The van der Waals surface area contributed by atoms with Crippen LogP contribution < -0.4 is 0 Å². The Balaban J connectivity index is 1.39. The fourth-order valence-corrected chi connectivity index (χ4v) is 7.14. The van der Waals surface area contributed by atoms with Gasteiger partial charge in [-0.05, 0) is 77.0 Å². The number of phenolic OH excluding ortho intramolecular Hbond substituents is 2. The van der Waals surface area contributed by atoms with Crippen LogP contribution in [0.1, 0.15) is 29.9 Å². The van der Waals surface area contributed by atoms with Crippen molar-refractivity contribution in [2.75, 3.05) is 6.54 Å². The highest BCUT2D eigenvalue weighted by Gasteiger charge is 2.56. The van der Waals surface area contributed by atoms with Crippen molar-refractivity contribution >= 4 is 50.9 Å². The van der Waals surface area contributed by atoms with Crippen LogP contribution in [0.4, 0.5) is 0 Å². The van der Waals surface area contributed by atoms with Gasteiger partial charge in [0.05, 0.1) is 16.3 Å². The third-order valence-corrected chi connectivity index (χ3v) is 9.11. The molecule has 4 atom stereocenters. The number of imide groups is 1. The number of hydrogen-bond donors (Lipinski definition) is 2. The number of allylic oxidation sites excluding steroid dienone is 6. The van der Waals surface area contributed by atoms with E-state index in [4.69, 9.17) is 11.6 Å². The Morgan fingerprint density at radius 3 is 2.46 bits per heavy atom. The number of rotatable bonds is 4. The third kappa shape index (κ3) is 4.17. The van der Waals surface area contributed by atoms with E-state index >= 15 is 0 Å². The number of ketones is 2. The molecule has 39 heavy (non-hydrogen) atoms. The number of amides is 2. The van der Waals surface area contributed by atoms with Gasteiger partial charge in [0.1, 0.15) is 11.5 Å². The molecule has 2 aromatic rings. The number of nitrogens with zero attached hydrogens (tertiary/aromatic N) is 1. The molecule has 1 aliphatic heterocycles. The highest BCUT2D eigenvalue weighted by Crippen LogP contribution is 2.56. The Labute approximate surface area is 237 Å². The van der Waals surface area contributed by atoms with Gasteiger partial charge in [0.2, 0.25) is 11.8 Å². The molecule has 1 fully saturated rings. The van der Waals surface area contributed by atoms with Gasteiger partial charge in [0.15, 0.2) is 11.6 Å². The average molecular weight is 609 g/mol. The molecular formula is C30H23BrClNO6. The molecule has 0 bridgehead atoms. The van der Waals surface area contributed by atoms with Crippen LogP contribution >= 0.6 is 27.5 Å². The summed E-state index contributed by atoms with van der Waals surface area (Å²) in [5.74, 6) is -3.63. The number of carbonyl (C=O) groups excluding carboxylic acids is 4. The number of fused-ring (bicyclic) bond motifs is 3. The van der Waals surface area contributed by atoms with Crippen molar-refractivity contribution in [2.24, 2.45) is 17.8 Å². The van der Waals surface area contributed by atoms with Crippen LogP contribution in [-0.4, -0.2) is 45.0 Å². The number of likely N-dealkylation sites (tertiary alicyclic amines) is 1. The third-order valence-electron chi connectivity index (χ3n) is 8.28. The van der Waals surface area contributed by atoms with Gasteiger partial charge >= 0.3 is 0 Å². The lowest BCUT2D eigenvalue weighted by molar-refractivity contribution is -0.140. The van der Waals surface area contributed by atoms with Crippen LogP contribution in [-0.2, 0) is 25.6 Å². The van der Waals surface area contributed by atoms with Crippen molar-refractivity contribution in [3.05, 3.63) is 92.0 Å². The lowest BCUT2D eigenvalue weighted by atomic mass is 9.59. The van der Waals surface area contributed by atoms with Gasteiger partial charge in [0.25, 0.3) is 0 Å². The normalized spacial score (nSPS) is 26.3. The lowest BCUT2D eigenvalue weighted by Gasteiger charge is -2.42. The second-order valence-corrected chi connectivity index (χ2v) is 11.6. The zero-order chi connectivity index (χ0) is 27.6. The first-order valence-electron chi connectivity index (χ1n) is 12.7. The van der Waals surface area contributed by atoms with E-state index in [1.54, 1.807) is 30.3 Å². The fourth-order valence-electron chi connectivity index (χ4n) is 6.51. The molecule has 0 aromatic heterocycles. The van der Waals surface area contributed by atoms with Crippen LogP contribution in [0.15, 0.2) is 75.8 Å². The van der Waals surface area contributed by atoms with E-state index < -0.39 is 23.7 Å². The van der Waals surface area contributed by atoms with Gasteiger partial charge in [0, 0.05) is 40.3 Å². The number of phenols is 2. The monoisotopic (exact) mass is 607 g/mol. The number of aromatic hydroxyl groups is 2. The molecule has 1 saturated heterocycles. The number of benzene rings is 2. The van der Waals surface area contributed by atoms with Crippen molar-refractivity contribution in [2.45, 2.75) is 25.2 Å². The topological polar surface area (TPSA) is 112 Å². The van der Waals surface area contributed by atoms with Gasteiger partial charge < -0.3 is 10.2 Å². The molecular weight excluding hydrogens is 586 g/mol. The number of halogens is 2. The Morgan fingerprint density at radius 1 is 0.974 bits per heavy atom. The van der Waals surface area contributed by atoms with Gasteiger partial charge in [-0.1, -0.05) is 35.4 Å². The summed E-state index contributed by atoms with van der Waals surface area (Å²) >= 11 is 9.49. The Bertz CT molecular complexity index is 1560. The maximum absolute atomic E-state index is 13.8. The summed E-state index contributed by atoms with van der Waals surface area (Å²) < 4.78 is 0.143. The van der Waals surface area contributed by atoms with E-state index in [-0.39, 0.29) is 57.9 Å². The number of carbonyl (C=O) groups is 4. The minimum atomic E-state index is -0.763. The summed E-state index contributed by atoms with van der Waals surface area (Å²) in [6, 6.07) is 11.2. The molecule has 2 amide bonds. The van der Waals surface area contributed by atoms with Crippen LogP contribution in [0.5, 0.6) is 11.5 Å². The maximum Gasteiger partial charge on any atom is 0.233 e. The fraction of sp³-hybridized carbons (Fsp3) is 0.267. The zero-order valence-electron chi connectivity index (χ0n) is 20.6. The molecule has 6 rings (SSSR count). The predicted octanol–water partition coefficient (Wildman–Crippen LogP) is 4.76. The number of hydrogen-bond acceptors (Lipinski definition) is 6. The maximum atomic E-state index is 13.8. The average Bonchev–Trinajstić information content (AvgIpc) is 3.16. The van der Waals surface area contributed by atoms with E-state index in [9.17, 15) is 29.4 Å². The van der Waals surface area contributed by atoms with Crippen LogP contribution in [0.2, 0.25) is 5.02 Å². The smallest absolute Gasteiger partial charge is 0.233 e. The summed E-state index contributed by atoms with van der Waals surface area (Å²) in [5, 5.41) is 20.7. The molecule has 0 radical (unpaired) electrons. The number of Topliss-reactive ketones (excluding diaryl/α,β-unsaturated/α-hetero) is 1. The van der Waals surface area contributed by atoms with Crippen molar-refractivity contribution in [3.63, 3.8) is 0 Å². The summed E-state index contributed by atoms with van der Waals surface area (Å²) in [6.07, 6.45) is 4.07. The molecule has 1 heterocycles. The molecule has 9 heteroatoms. The summed E-state index contributed by atoms with van der Waals surface area (Å²) in [5.41, 5.74) is 2.60. The van der Waals surface area contributed by atoms with E-state index in [2.05, 4.69) is 15.9 Å². The molecule has 2 aromatic carbocycles. The van der Waals surface area contributed by atoms with Gasteiger partial charge in [-0.3, -0.25) is 24.1 Å². The van der Waals surface area contributed by atoms with Crippen molar-refractivity contribution in [3.8, 4) is 11.5 Å². The molecule has 4 aliphatic rings. The first-order valence-corrected chi connectivity index (χ1v) is 13.8. The molecule has 3 aliphatic carbocycles. The van der Waals surface area contributed by atoms with Gasteiger partial charge in [-0.25, -0.2) is 0 Å². The zero-order valence-corrected chi connectivity index (χ0v) is 22.9. The van der Waals surface area contributed by atoms with Crippen molar-refractivity contribution in [1.29, 1.82) is 0 Å². The first kappa shape index (κ1) is 25.8. The summed E-state index contributed by atoms with van der Waals surface area (Å²) in [4.78, 5) is 55.1. The van der Waals surface area contributed by atoms with E-state index in [0.717, 1.165) is 11.1 Å². The Kier molecular flexibility index (Phi) is 6.35. The second-order valence-electron chi connectivity index (χ2n) is 10.3. The van der Waals surface area contributed by atoms with Crippen molar-refractivity contribution in [1.82, 2.24) is 4.90 Å². The van der Waals surface area contributed by atoms with Crippen LogP contribution in [0.3, 0.4) is 0 Å². The highest BCUT2D eigenvalue weighted by molar-refractivity contribution is 9.12. The summed E-state index contributed by atoms with van der Waals surface area (Å²) in [7, 11) is 0. The summed E-state index contributed by atoms with van der Waals surface area (Å²) in [6.45, 7) is 0.204. The van der Waals surface area contributed by atoms with Gasteiger partial charge in [-0.15, -0.1) is 0 Å². The largest absolute Gasteiger partial charge is 0.508 e. The quantitative estimate of drug-likeness (QED) is 0.294. The molecule has 198 valence electrons. The van der Waals surface area contributed by atoms with Crippen LogP contribution in [0, 0.1) is 17.8 Å². The lowest BCUT2D eigenvalue weighted by Crippen LogP contribution is -2.39. The molecule has 0 spiro atoms. The van der Waals surface area contributed by atoms with Crippen LogP contribution in [0.25, 0.3) is 0 Å². The SMILES string of the molecule is O=C1C=C(Br)C(=O)C2=C1C(c1cc(Cl)ccc1O)C1=CCC3C(=O)N(CCc4ccc(O)cc4)C(=O)C3C1C2. The minimum Gasteiger partial charge on any atom is -0.508 e. The van der Waals surface area contributed by atoms with E-state index in [1.807, 2.05) is 6.08 Å². The van der Waals surface area contributed by atoms with E-state index in [0.29, 0.717) is 29.0 Å². The Morgan fingerprint density at radius 2 is 1.72 bits per heavy atom. The molecule has 2 N–H and O–H groups in total.